The second kappa shape index (κ2) is 6.49. The van der Waals surface area contributed by atoms with E-state index in [2.05, 4.69) is 17.1 Å². The van der Waals surface area contributed by atoms with Crippen LogP contribution in [-0.2, 0) is 9.53 Å². The molecule has 0 fully saturated rings. The van der Waals surface area contributed by atoms with Crippen molar-refractivity contribution in [2.24, 2.45) is 0 Å². The van der Waals surface area contributed by atoms with Gasteiger partial charge in [-0.3, -0.25) is 4.79 Å². The Labute approximate surface area is 102 Å². The number of rotatable bonds is 7. The first-order valence-corrected chi connectivity index (χ1v) is 6.02. The van der Waals surface area contributed by atoms with E-state index in [1.54, 1.807) is 14.0 Å². The minimum atomic E-state index is -0.333. The van der Waals surface area contributed by atoms with Gasteiger partial charge >= 0.3 is 0 Å². The van der Waals surface area contributed by atoms with E-state index in [1.165, 1.54) is 0 Å². The van der Waals surface area contributed by atoms with Crippen LogP contribution in [0.2, 0.25) is 0 Å². The molecular weight excluding hydrogens is 220 g/mol. The van der Waals surface area contributed by atoms with Gasteiger partial charge in [0.2, 0.25) is 11.7 Å². The molecule has 2 unspecified atom stereocenters. The van der Waals surface area contributed by atoms with Crippen molar-refractivity contribution in [1.82, 2.24) is 10.1 Å². The highest BCUT2D eigenvalue weighted by Gasteiger charge is 2.23. The molecule has 0 aliphatic rings. The minimum absolute atomic E-state index is 0.102. The topological polar surface area (TPSA) is 65.2 Å². The Bertz CT molecular complexity index is 362. The van der Waals surface area contributed by atoms with Gasteiger partial charge < -0.3 is 9.26 Å². The Hall–Kier alpha value is -1.23. The van der Waals surface area contributed by atoms with Gasteiger partial charge in [0.15, 0.2) is 0 Å². The maximum atomic E-state index is 11.5. The zero-order valence-electron chi connectivity index (χ0n) is 10.9. The summed E-state index contributed by atoms with van der Waals surface area (Å²) in [5, 5.41) is 3.88. The number of nitrogens with zero attached hydrogens (tertiary/aromatic N) is 2. The maximum Gasteiger partial charge on any atom is 0.237 e. The van der Waals surface area contributed by atoms with Crippen LogP contribution in [0, 0.1) is 0 Å². The molecule has 2 atom stereocenters. The standard InChI is InChI=1S/C12H20N2O3/c1-5-7-10(16-4)11-13-12(17-14-11)8(3)9(15)6-2/h8,10H,5-7H2,1-4H3. The van der Waals surface area contributed by atoms with Crippen LogP contribution in [0.15, 0.2) is 4.52 Å². The molecule has 1 rings (SSSR count). The molecular formula is C12H20N2O3. The molecule has 1 aromatic heterocycles. The molecule has 0 aromatic carbocycles. The zero-order chi connectivity index (χ0) is 12.8. The predicted molar refractivity (Wildman–Crippen MR) is 62.7 cm³/mol. The van der Waals surface area contributed by atoms with Crippen LogP contribution in [0.25, 0.3) is 0 Å². The van der Waals surface area contributed by atoms with E-state index in [1.807, 2.05) is 6.92 Å². The Morgan fingerprint density at radius 2 is 2.18 bits per heavy atom. The number of ether oxygens (including phenoxy) is 1. The molecule has 0 spiro atoms. The van der Waals surface area contributed by atoms with Gasteiger partial charge in [-0.15, -0.1) is 0 Å². The van der Waals surface area contributed by atoms with Crippen molar-refractivity contribution < 1.29 is 14.1 Å². The van der Waals surface area contributed by atoms with Crippen molar-refractivity contribution in [3.8, 4) is 0 Å². The summed E-state index contributed by atoms with van der Waals surface area (Å²) < 4.78 is 10.4. The SMILES string of the molecule is CCCC(OC)c1noc(C(C)C(=O)CC)n1. The third-order valence-electron chi connectivity index (χ3n) is 2.78. The Morgan fingerprint density at radius 3 is 2.71 bits per heavy atom. The van der Waals surface area contributed by atoms with Crippen molar-refractivity contribution in [2.75, 3.05) is 7.11 Å². The van der Waals surface area contributed by atoms with Gasteiger partial charge in [0.1, 0.15) is 11.9 Å². The number of carbonyl (C=O) groups is 1. The van der Waals surface area contributed by atoms with Crippen molar-refractivity contribution in [1.29, 1.82) is 0 Å². The second-order valence-corrected chi connectivity index (χ2v) is 4.05. The smallest absolute Gasteiger partial charge is 0.237 e. The molecule has 0 bridgehead atoms. The first kappa shape index (κ1) is 13.8. The highest BCUT2D eigenvalue weighted by atomic mass is 16.5. The number of ketones is 1. The van der Waals surface area contributed by atoms with Crippen molar-refractivity contribution >= 4 is 5.78 Å². The van der Waals surface area contributed by atoms with Crippen LogP contribution in [0.1, 0.15) is 63.8 Å². The molecule has 0 radical (unpaired) electrons. The van der Waals surface area contributed by atoms with Crippen LogP contribution >= 0.6 is 0 Å². The first-order chi connectivity index (χ1) is 8.13. The van der Waals surface area contributed by atoms with Crippen LogP contribution in [0.5, 0.6) is 0 Å². The Morgan fingerprint density at radius 1 is 1.47 bits per heavy atom. The quantitative estimate of drug-likeness (QED) is 0.733. The molecule has 5 heteroatoms. The lowest BCUT2D eigenvalue weighted by Gasteiger charge is -2.08. The molecule has 5 nitrogen and oxygen atoms in total. The molecule has 1 aromatic rings. The van der Waals surface area contributed by atoms with Crippen molar-refractivity contribution in [2.45, 2.75) is 52.1 Å². The molecule has 0 aliphatic heterocycles. The molecule has 0 amide bonds. The zero-order valence-corrected chi connectivity index (χ0v) is 10.9. The summed E-state index contributed by atoms with van der Waals surface area (Å²) in [6.07, 6.45) is 2.14. The minimum Gasteiger partial charge on any atom is -0.373 e. The average Bonchev–Trinajstić information content (AvgIpc) is 2.83. The van der Waals surface area contributed by atoms with E-state index in [9.17, 15) is 4.79 Å². The summed E-state index contributed by atoms with van der Waals surface area (Å²) >= 11 is 0. The fourth-order valence-electron chi connectivity index (χ4n) is 1.61. The fourth-order valence-corrected chi connectivity index (χ4v) is 1.61. The second-order valence-electron chi connectivity index (χ2n) is 4.05. The number of methoxy groups -OCH3 is 1. The summed E-state index contributed by atoms with van der Waals surface area (Å²) in [5.41, 5.74) is 0. The molecule has 96 valence electrons. The largest absolute Gasteiger partial charge is 0.373 e. The maximum absolute atomic E-state index is 11.5. The van der Waals surface area contributed by atoms with Gasteiger partial charge in [-0.2, -0.15) is 4.98 Å². The molecule has 0 saturated heterocycles. The number of hydrogen-bond donors (Lipinski definition) is 0. The van der Waals surface area contributed by atoms with Gasteiger partial charge in [0.05, 0.1) is 5.92 Å². The van der Waals surface area contributed by atoms with Crippen molar-refractivity contribution in [3.05, 3.63) is 11.7 Å². The highest BCUT2D eigenvalue weighted by molar-refractivity contribution is 5.83. The van der Waals surface area contributed by atoms with Crippen LogP contribution in [0.4, 0.5) is 0 Å². The van der Waals surface area contributed by atoms with Gasteiger partial charge in [-0.25, -0.2) is 0 Å². The first-order valence-electron chi connectivity index (χ1n) is 6.02. The monoisotopic (exact) mass is 240 g/mol. The van der Waals surface area contributed by atoms with E-state index >= 15 is 0 Å². The van der Waals surface area contributed by atoms with E-state index in [0.717, 1.165) is 12.8 Å². The summed E-state index contributed by atoms with van der Waals surface area (Å²) in [5.74, 6) is 0.676. The Kier molecular flexibility index (Phi) is 5.28. The van der Waals surface area contributed by atoms with E-state index in [4.69, 9.17) is 9.26 Å². The number of Topliss-reactive ketones (excluding diaryl/α,β-unsaturated/α-hetero) is 1. The predicted octanol–water partition coefficient (Wildman–Crippen LogP) is 2.64. The lowest BCUT2D eigenvalue weighted by Crippen LogP contribution is -2.08. The summed E-state index contributed by atoms with van der Waals surface area (Å²) in [4.78, 5) is 15.8. The van der Waals surface area contributed by atoms with Crippen LogP contribution in [0.3, 0.4) is 0 Å². The average molecular weight is 240 g/mol. The van der Waals surface area contributed by atoms with E-state index in [0.29, 0.717) is 18.1 Å². The third kappa shape index (κ3) is 3.36. The highest BCUT2D eigenvalue weighted by Crippen LogP contribution is 2.22. The van der Waals surface area contributed by atoms with Crippen LogP contribution < -0.4 is 0 Å². The summed E-state index contributed by atoms with van der Waals surface area (Å²) in [6.45, 7) is 5.67. The lowest BCUT2D eigenvalue weighted by atomic mass is 10.1. The van der Waals surface area contributed by atoms with Gasteiger partial charge in [0.25, 0.3) is 0 Å². The molecule has 1 heterocycles. The summed E-state index contributed by atoms with van der Waals surface area (Å²) in [7, 11) is 1.62. The molecule has 0 aliphatic carbocycles. The molecule has 17 heavy (non-hydrogen) atoms. The molecule has 0 N–H and O–H groups in total. The number of aromatic nitrogens is 2. The number of hydrogen-bond acceptors (Lipinski definition) is 5. The van der Waals surface area contributed by atoms with Crippen molar-refractivity contribution in [3.63, 3.8) is 0 Å². The van der Waals surface area contributed by atoms with Gasteiger partial charge in [-0.05, 0) is 13.3 Å². The van der Waals surface area contributed by atoms with Crippen LogP contribution in [-0.4, -0.2) is 23.0 Å². The van der Waals surface area contributed by atoms with Gasteiger partial charge in [-0.1, -0.05) is 25.4 Å². The normalized spacial score (nSPS) is 14.6. The summed E-state index contributed by atoms with van der Waals surface area (Å²) in [6, 6.07) is 0. The fraction of sp³-hybridized carbons (Fsp3) is 0.750. The third-order valence-corrected chi connectivity index (χ3v) is 2.78. The van der Waals surface area contributed by atoms with E-state index < -0.39 is 0 Å². The Balaban J connectivity index is 2.79. The van der Waals surface area contributed by atoms with Gasteiger partial charge in [0, 0.05) is 13.5 Å². The number of carbonyl (C=O) groups excluding carboxylic acids is 1. The van der Waals surface area contributed by atoms with E-state index in [-0.39, 0.29) is 17.8 Å². The molecule has 0 saturated carbocycles. The lowest BCUT2D eigenvalue weighted by molar-refractivity contribution is -0.120.